The fourth-order valence-corrected chi connectivity index (χ4v) is 3.09. The molecule has 0 saturated heterocycles. The van der Waals surface area contributed by atoms with Crippen LogP contribution in [0.1, 0.15) is 5.56 Å². The maximum absolute atomic E-state index is 13.0. The van der Waals surface area contributed by atoms with Gasteiger partial charge in [0.25, 0.3) is 0 Å². The SMILES string of the molecule is O=c1c(OCCc2ccccc2)c(-c2ccc(Cl)cc2)oc2ccccc12. The molecule has 0 N–H and O–H groups in total. The largest absolute Gasteiger partial charge is 0.486 e. The van der Waals surface area contributed by atoms with Gasteiger partial charge in [0, 0.05) is 17.0 Å². The molecule has 0 bridgehead atoms. The van der Waals surface area contributed by atoms with Gasteiger partial charge in [-0.15, -0.1) is 0 Å². The zero-order chi connectivity index (χ0) is 18.6. The molecule has 0 aliphatic heterocycles. The normalized spacial score (nSPS) is 10.9. The highest BCUT2D eigenvalue weighted by atomic mass is 35.5. The molecule has 3 aromatic carbocycles. The molecule has 134 valence electrons. The van der Waals surface area contributed by atoms with Crippen LogP contribution in [0.3, 0.4) is 0 Å². The predicted molar refractivity (Wildman–Crippen MR) is 109 cm³/mol. The van der Waals surface area contributed by atoms with Gasteiger partial charge >= 0.3 is 0 Å². The number of hydrogen-bond donors (Lipinski definition) is 0. The van der Waals surface area contributed by atoms with Crippen LogP contribution in [0.4, 0.5) is 0 Å². The minimum Gasteiger partial charge on any atom is -0.486 e. The molecule has 0 amide bonds. The van der Waals surface area contributed by atoms with E-state index in [4.69, 9.17) is 20.8 Å². The number of ether oxygens (including phenoxy) is 1. The number of benzene rings is 3. The van der Waals surface area contributed by atoms with Gasteiger partial charge in [-0.1, -0.05) is 54.1 Å². The highest BCUT2D eigenvalue weighted by molar-refractivity contribution is 6.30. The fraction of sp³-hybridized carbons (Fsp3) is 0.0870. The van der Waals surface area contributed by atoms with E-state index in [1.807, 2.05) is 54.6 Å². The van der Waals surface area contributed by atoms with Crippen molar-refractivity contribution in [3.8, 4) is 17.1 Å². The van der Waals surface area contributed by atoms with Crippen molar-refractivity contribution in [1.82, 2.24) is 0 Å². The van der Waals surface area contributed by atoms with Crippen LogP contribution in [0.5, 0.6) is 5.75 Å². The molecule has 4 aromatic rings. The van der Waals surface area contributed by atoms with Crippen molar-refractivity contribution in [2.75, 3.05) is 6.61 Å². The summed E-state index contributed by atoms with van der Waals surface area (Å²) >= 11 is 5.99. The molecule has 1 heterocycles. The van der Waals surface area contributed by atoms with Gasteiger partial charge in [-0.2, -0.15) is 0 Å². The molecule has 4 heteroatoms. The zero-order valence-corrected chi connectivity index (χ0v) is 15.3. The Hall–Kier alpha value is -3.04. The van der Waals surface area contributed by atoms with Crippen molar-refractivity contribution in [3.05, 3.63) is 99.7 Å². The minimum atomic E-state index is -0.171. The van der Waals surface area contributed by atoms with Gasteiger partial charge in [0.2, 0.25) is 11.2 Å². The van der Waals surface area contributed by atoms with Crippen LogP contribution in [0.25, 0.3) is 22.3 Å². The molecule has 0 atom stereocenters. The van der Waals surface area contributed by atoms with Crippen LogP contribution in [0, 0.1) is 0 Å². The van der Waals surface area contributed by atoms with Gasteiger partial charge in [-0.3, -0.25) is 4.79 Å². The summed E-state index contributed by atoms with van der Waals surface area (Å²) < 4.78 is 12.0. The summed E-state index contributed by atoms with van der Waals surface area (Å²) in [4.78, 5) is 13.0. The summed E-state index contributed by atoms with van der Waals surface area (Å²) in [5.74, 6) is 0.649. The van der Waals surface area contributed by atoms with Crippen molar-refractivity contribution in [1.29, 1.82) is 0 Å². The first-order valence-electron chi connectivity index (χ1n) is 8.71. The Balaban J connectivity index is 1.74. The molecule has 0 radical (unpaired) electrons. The minimum absolute atomic E-state index is 0.171. The van der Waals surface area contributed by atoms with E-state index in [2.05, 4.69) is 0 Å². The monoisotopic (exact) mass is 376 g/mol. The van der Waals surface area contributed by atoms with E-state index >= 15 is 0 Å². The Kier molecular flexibility index (Phi) is 4.95. The maximum atomic E-state index is 13.0. The van der Waals surface area contributed by atoms with Gasteiger partial charge < -0.3 is 9.15 Å². The summed E-state index contributed by atoms with van der Waals surface area (Å²) in [6.07, 6.45) is 0.702. The molecule has 0 spiro atoms. The lowest BCUT2D eigenvalue weighted by Crippen LogP contribution is -2.12. The number of halogens is 1. The van der Waals surface area contributed by atoms with Crippen LogP contribution in [-0.2, 0) is 6.42 Å². The second-order valence-electron chi connectivity index (χ2n) is 6.18. The van der Waals surface area contributed by atoms with E-state index in [0.717, 1.165) is 11.1 Å². The third-order valence-electron chi connectivity index (χ3n) is 4.34. The molecule has 0 aliphatic carbocycles. The second-order valence-corrected chi connectivity index (χ2v) is 6.61. The molecule has 0 unspecified atom stereocenters. The standard InChI is InChI=1S/C23H17ClO3/c24-18-12-10-17(11-13-18)22-23(26-15-14-16-6-2-1-3-7-16)21(25)19-8-4-5-9-20(19)27-22/h1-13H,14-15H2. The first-order valence-corrected chi connectivity index (χ1v) is 9.09. The molecule has 1 aromatic heterocycles. The van der Waals surface area contributed by atoms with Crippen molar-refractivity contribution < 1.29 is 9.15 Å². The van der Waals surface area contributed by atoms with Crippen molar-refractivity contribution in [2.45, 2.75) is 6.42 Å². The molecule has 0 aliphatic rings. The Morgan fingerprint density at radius 3 is 2.33 bits per heavy atom. The molecule has 0 saturated carbocycles. The third-order valence-corrected chi connectivity index (χ3v) is 4.59. The second kappa shape index (κ2) is 7.68. The first-order chi connectivity index (χ1) is 13.2. The van der Waals surface area contributed by atoms with E-state index in [0.29, 0.717) is 34.8 Å². The average Bonchev–Trinajstić information content (AvgIpc) is 2.71. The van der Waals surface area contributed by atoms with Crippen molar-refractivity contribution >= 4 is 22.6 Å². The summed E-state index contributed by atoms with van der Waals surface area (Å²) in [5.41, 5.74) is 2.26. The van der Waals surface area contributed by atoms with Gasteiger partial charge in [0.15, 0.2) is 5.76 Å². The van der Waals surface area contributed by atoms with Gasteiger partial charge in [-0.05, 0) is 42.0 Å². The molecular weight excluding hydrogens is 360 g/mol. The topological polar surface area (TPSA) is 39.4 Å². The van der Waals surface area contributed by atoms with Gasteiger partial charge in [0.05, 0.1) is 12.0 Å². The quantitative estimate of drug-likeness (QED) is 0.446. The van der Waals surface area contributed by atoms with E-state index in [9.17, 15) is 4.79 Å². The van der Waals surface area contributed by atoms with Crippen LogP contribution in [-0.4, -0.2) is 6.61 Å². The summed E-state index contributed by atoms with van der Waals surface area (Å²) in [6, 6.07) is 24.4. The Morgan fingerprint density at radius 1 is 0.852 bits per heavy atom. The molecular formula is C23H17ClO3. The Labute approximate surface area is 161 Å². The average molecular weight is 377 g/mol. The highest BCUT2D eigenvalue weighted by Crippen LogP contribution is 2.31. The fourth-order valence-electron chi connectivity index (χ4n) is 2.96. The predicted octanol–water partition coefficient (Wildman–Crippen LogP) is 5.73. The number of hydrogen-bond acceptors (Lipinski definition) is 3. The summed E-state index contributed by atoms with van der Waals surface area (Å²) in [5, 5.41) is 1.12. The van der Waals surface area contributed by atoms with Crippen LogP contribution in [0.2, 0.25) is 5.02 Å². The maximum Gasteiger partial charge on any atom is 0.235 e. The zero-order valence-electron chi connectivity index (χ0n) is 14.5. The Morgan fingerprint density at radius 2 is 1.56 bits per heavy atom. The van der Waals surface area contributed by atoms with E-state index in [-0.39, 0.29) is 11.2 Å². The Bertz CT molecular complexity index is 1120. The van der Waals surface area contributed by atoms with Crippen LogP contribution in [0.15, 0.2) is 88.1 Å². The lowest BCUT2D eigenvalue weighted by atomic mass is 10.1. The lowest BCUT2D eigenvalue weighted by Gasteiger charge is -2.12. The van der Waals surface area contributed by atoms with Crippen molar-refractivity contribution in [2.24, 2.45) is 0 Å². The highest BCUT2D eigenvalue weighted by Gasteiger charge is 2.17. The summed E-state index contributed by atoms with van der Waals surface area (Å²) in [6.45, 7) is 0.383. The lowest BCUT2D eigenvalue weighted by molar-refractivity contribution is 0.313. The van der Waals surface area contributed by atoms with E-state index in [1.54, 1.807) is 24.3 Å². The molecule has 0 fully saturated rings. The van der Waals surface area contributed by atoms with E-state index in [1.165, 1.54) is 0 Å². The third kappa shape index (κ3) is 3.74. The number of fused-ring (bicyclic) bond motifs is 1. The van der Waals surface area contributed by atoms with Crippen molar-refractivity contribution in [3.63, 3.8) is 0 Å². The first kappa shape index (κ1) is 17.4. The van der Waals surface area contributed by atoms with Crippen LogP contribution >= 0.6 is 11.6 Å². The molecule has 3 nitrogen and oxygen atoms in total. The smallest absolute Gasteiger partial charge is 0.235 e. The molecule has 4 rings (SSSR count). The number of rotatable bonds is 5. The van der Waals surface area contributed by atoms with Crippen LogP contribution < -0.4 is 10.2 Å². The number of para-hydroxylation sites is 1. The van der Waals surface area contributed by atoms with Gasteiger partial charge in [-0.25, -0.2) is 0 Å². The summed E-state index contributed by atoms with van der Waals surface area (Å²) in [7, 11) is 0. The van der Waals surface area contributed by atoms with E-state index < -0.39 is 0 Å². The molecule has 27 heavy (non-hydrogen) atoms. The van der Waals surface area contributed by atoms with Gasteiger partial charge in [0.1, 0.15) is 5.58 Å².